The topological polar surface area (TPSA) is 112 Å². The van der Waals surface area contributed by atoms with Crippen LogP contribution in [0.25, 0.3) is 11.0 Å². The zero-order valence-electron chi connectivity index (χ0n) is 13.6. The van der Waals surface area contributed by atoms with Gasteiger partial charge in [-0.15, -0.1) is 0 Å². The second-order valence-corrected chi connectivity index (χ2v) is 6.10. The number of aromatic nitrogens is 2. The molecule has 0 aliphatic heterocycles. The third-order valence-corrected chi connectivity index (χ3v) is 3.52. The van der Waals surface area contributed by atoms with Crippen LogP contribution in [0.1, 0.15) is 26.0 Å². The van der Waals surface area contributed by atoms with E-state index in [1.165, 1.54) is 6.20 Å². The van der Waals surface area contributed by atoms with E-state index in [1.54, 1.807) is 6.07 Å². The average Bonchev–Trinajstić information content (AvgIpc) is 2.53. The molecule has 128 valence electrons. The normalized spacial score (nSPS) is 13.7. The summed E-state index contributed by atoms with van der Waals surface area (Å²) >= 11 is 0. The zero-order chi connectivity index (χ0) is 17.7. The number of aliphatic hydroxyl groups is 1. The minimum Gasteiger partial charge on any atom is -0.480 e. The van der Waals surface area contributed by atoms with E-state index in [9.17, 15) is 19.8 Å². The van der Waals surface area contributed by atoms with E-state index < -0.39 is 24.0 Å². The number of amides is 1. The molecule has 0 radical (unpaired) electrons. The molecule has 2 rings (SSSR count). The lowest BCUT2D eigenvalue weighted by Gasteiger charge is -2.18. The Morgan fingerprint density at radius 1 is 1.21 bits per heavy atom. The summed E-state index contributed by atoms with van der Waals surface area (Å²) in [5.41, 5.74) is 1.83. The summed E-state index contributed by atoms with van der Waals surface area (Å²) in [5, 5.41) is 21.5. The Morgan fingerprint density at radius 2 is 1.88 bits per heavy atom. The summed E-state index contributed by atoms with van der Waals surface area (Å²) in [4.78, 5) is 31.9. The van der Waals surface area contributed by atoms with Gasteiger partial charge in [0.15, 0.2) is 0 Å². The summed E-state index contributed by atoms with van der Waals surface area (Å²) in [7, 11) is 0. The van der Waals surface area contributed by atoms with Crippen LogP contribution < -0.4 is 5.32 Å². The van der Waals surface area contributed by atoms with Crippen molar-refractivity contribution in [3.8, 4) is 0 Å². The van der Waals surface area contributed by atoms with Gasteiger partial charge >= 0.3 is 5.97 Å². The van der Waals surface area contributed by atoms with Gasteiger partial charge in [-0.3, -0.25) is 9.78 Å². The first kappa shape index (κ1) is 17.8. The quantitative estimate of drug-likeness (QED) is 0.701. The van der Waals surface area contributed by atoms with Gasteiger partial charge in [0.25, 0.3) is 0 Å². The van der Waals surface area contributed by atoms with Gasteiger partial charge in [-0.05, 0) is 24.5 Å². The molecule has 1 heterocycles. The number of aliphatic hydroxyl groups excluding tert-OH is 1. The van der Waals surface area contributed by atoms with Crippen LogP contribution in [0.3, 0.4) is 0 Å². The number of carbonyl (C=O) groups is 2. The van der Waals surface area contributed by atoms with Gasteiger partial charge in [-0.2, -0.15) is 0 Å². The molecular formula is C17H21N3O4. The second-order valence-electron chi connectivity index (χ2n) is 6.10. The largest absolute Gasteiger partial charge is 0.480 e. The van der Waals surface area contributed by atoms with Crippen molar-refractivity contribution >= 4 is 22.9 Å². The molecular weight excluding hydrogens is 310 g/mol. The maximum absolute atomic E-state index is 11.9. The summed E-state index contributed by atoms with van der Waals surface area (Å²) in [6.07, 6.45) is 0.533. The number of nitrogens with zero attached hydrogens (tertiary/aromatic N) is 2. The van der Waals surface area contributed by atoms with E-state index >= 15 is 0 Å². The lowest BCUT2D eigenvalue weighted by Crippen LogP contribution is -2.47. The first-order chi connectivity index (χ1) is 11.4. The Labute approximate surface area is 139 Å². The molecule has 0 spiro atoms. The van der Waals surface area contributed by atoms with E-state index in [1.807, 2.05) is 32.0 Å². The van der Waals surface area contributed by atoms with Crippen LogP contribution in [0.4, 0.5) is 0 Å². The standard InChI is InChI=1S/C17H21N3O4/c1-10(2)7-15(21)16(22)20-14(17(23)24)8-11-9-18-12-5-3-4-6-13(12)19-11/h3-6,9-10,14-15,21H,7-8H2,1-2H3,(H,20,22)(H,23,24)/t14-,15-/m0/s1. The molecule has 0 saturated carbocycles. The summed E-state index contributed by atoms with van der Waals surface area (Å²) in [6, 6.07) is 6.08. The molecule has 1 aromatic heterocycles. The number of benzene rings is 1. The van der Waals surface area contributed by atoms with Crippen molar-refractivity contribution in [2.45, 2.75) is 38.8 Å². The number of nitrogens with one attached hydrogen (secondary N) is 1. The van der Waals surface area contributed by atoms with Crippen molar-refractivity contribution in [1.82, 2.24) is 15.3 Å². The Balaban J connectivity index is 2.09. The van der Waals surface area contributed by atoms with E-state index in [0.717, 1.165) is 0 Å². The first-order valence-electron chi connectivity index (χ1n) is 7.78. The average molecular weight is 331 g/mol. The molecule has 2 atom stereocenters. The molecule has 0 aliphatic carbocycles. The molecule has 1 amide bonds. The Morgan fingerprint density at radius 3 is 2.50 bits per heavy atom. The minimum absolute atomic E-state index is 0.00664. The summed E-state index contributed by atoms with van der Waals surface area (Å²) in [6.45, 7) is 3.74. The number of hydrogen-bond acceptors (Lipinski definition) is 5. The van der Waals surface area contributed by atoms with Gasteiger partial charge in [0.1, 0.15) is 12.1 Å². The van der Waals surface area contributed by atoms with Gasteiger partial charge in [0, 0.05) is 12.6 Å². The number of rotatable bonds is 7. The van der Waals surface area contributed by atoms with Crippen LogP contribution >= 0.6 is 0 Å². The first-order valence-corrected chi connectivity index (χ1v) is 7.78. The van der Waals surface area contributed by atoms with Crippen LogP contribution in [0.5, 0.6) is 0 Å². The maximum Gasteiger partial charge on any atom is 0.326 e. The van der Waals surface area contributed by atoms with Gasteiger partial charge in [0.05, 0.1) is 16.7 Å². The Hall–Kier alpha value is -2.54. The number of carboxylic acid groups (broad SMARTS) is 1. The van der Waals surface area contributed by atoms with Gasteiger partial charge in [-0.25, -0.2) is 9.78 Å². The van der Waals surface area contributed by atoms with Crippen molar-refractivity contribution in [2.75, 3.05) is 0 Å². The molecule has 1 aromatic carbocycles. The molecule has 0 bridgehead atoms. The summed E-state index contributed by atoms with van der Waals surface area (Å²) in [5.74, 6) is -1.75. The lowest BCUT2D eigenvalue weighted by atomic mass is 10.0. The summed E-state index contributed by atoms with van der Waals surface area (Å²) < 4.78 is 0. The van der Waals surface area contributed by atoms with Crippen LogP contribution in [0, 0.1) is 5.92 Å². The van der Waals surface area contributed by atoms with Gasteiger partial charge in [-0.1, -0.05) is 26.0 Å². The number of carboxylic acids is 1. The number of carbonyl (C=O) groups excluding carboxylic acids is 1. The van der Waals surface area contributed by atoms with E-state index in [0.29, 0.717) is 16.7 Å². The number of aliphatic carboxylic acids is 1. The molecule has 0 unspecified atom stereocenters. The highest BCUT2D eigenvalue weighted by atomic mass is 16.4. The highest BCUT2D eigenvalue weighted by Crippen LogP contribution is 2.10. The van der Waals surface area contributed by atoms with Crippen molar-refractivity contribution in [2.24, 2.45) is 5.92 Å². The molecule has 24 heavy (non-hydrogen) atoms. The van der Waals surface area contributed by atoms with Crippen molar-refractivity contribution in [3.63, 3.8) is 0 Å². The monoisotopic (exact) mass is 331 g/mol. The number of para-hydroxylation sites is 2. The van der Waals surface area contributed by atoms with Crippen LogP contribution in [0.15, 0.2) is 30.5 Å². The Kier molecular flexibility index (Phi) is 5.81. The smallest absolute Gasteiger partial charge is 0.326 e. The van der Waals surface area contributed by atoms with E-state index in [4.69, 9.17) is 0 Å². The van der Waals surface area contributed by atoms with Gasteiger partial charge in [0.2, 0.25) is 5.91 Å². The highest BCUT2D eigenvalue weighted by Gasteiger charge is 2.25. The predicted octanol–water partition coefficient (Wildman–Crippen LogP) is 1.15. The SMILES string of the molecule is CC(C)C[C@H](O)C(=O)N[C@@H](Cc1cnc2ccccc2n1)C(=O)O. The number of hydrogen-bond donors (Lipinski definition) is 3. The van der Waals surface area contributed by atoms with Crippen LogP contribution in [-0.4, -0.2) is 44.2 Å². The Bertz CT molecular complexity index is 733. The minimum atomic E-state index is -1.23. The third-order valence-electron chi connectivity index (χ3n) is 3.52. The number of fused-ring (bicyclic) bond motifs is 1. The molecule has 0 saturated heterocycles. The van der Waals surface area contributed by atoms with Crippen LogP contribution in [-0.2, 0) is 16.0 Å². The fourth-order valence-electron chi connectivity index (χ4n) is 2.32. The van der Waals surface area contributed by atoms with Crippen molar-refractivity contribution < 1.29 is 19.8 Å². The highest BCUT2D eigenvalue weighted by molar-refractivity contribution is 5.86. The molecule has 2 aromatic rings. The molecule has 3 N–H and O–H groups in total. The fraction of sp³-hybridized carbons (Fsp3) is 0.412. The molecule has 0 fully saturated rings. The third kappa shape index (κ3) is 4.73. The molecule has 7 heteroatoms. The maximum atomic E-state index is 11.9. The zero-order valence-corrected chi connectivity index (χ0v) is 13.6. The predicted molar refractivity (Wildman–Crippen MR) is 88.3 cm³/mol. The van der Waals surface area contributed by atoms with E-state index in [-0.39, 0.29) is 18.8 Å². The lowest BCUT2D eigenvalue weighted by molar-refractivity contribution is -0.143. The van der Waals surface area contributed by atoms with E-state index in [2.05, 4.69) is 15.3 Å². The van der Waals surface area contributed by atoms with Crippen LogP contribution in [0.2, 0.25) is 0 Å². The van der Waals surface area contributed by atoms with Crippen molar-refractivity contribution in [1.29, 1.82) is 0 Å². The second kappa shape index (κ2) is 7.83. The fourth-order valence-corrected chi connectivity index (χ4v) is 2.32. The molecule has 7 nitrogen and oxygen atoms in total. The molecule has 0 aliphatic rings. The van der Waals surface area contributed by atoms with Gasteiger partial charge < -0.3 is 15.5 Å². The van der Waals surface area contributed by atoms with Crippen molar-refractivity contribution in [3.05, 3.63) is 36.2 Å².